The number of hydrogen-bond acceptors (Lipinski definition) is 2. The number of anilines is 1. The van der Waals surface area contributed by atoms with Crippen LogP contribution in [0.25, 0.3) is 0 Å². The normalized spacial score (nSPS) is 13.7. The van der Waals surface area contributed by atoms with E-state index in [0.717, 1.165) is 17.7 Å². The first-order valence-electron chi connectivity index (χ1n) is 6.09. The average Bonchev–Trinajstić information content (AvgIpc) is 2.37. The number of aryl methyl sites for hydroxylation is 1. The van der Waals surface area contributed by atoms with E-state index in [1.807, 2.05) is 31.2 Å². The molecule has 2 unspecified atom stereocenters. The highest BCUT2D eigenvalue weighted by Gasteiger charge is 2.25. The van der Waals surface area contributed by atoms with E-state index in [1.165, 1.54) is 6.92 Å². The summed E-state index contributed by atoms with van der Waals surface area (Å²) in [6.45, 7) is 5.18. The molecule has 0 heterocycles. The summed E-state index contributed by atoms with van der Waals surface area (Å²) in [6.07, 6.45) is 0.819. The zero-order valence-corrected chi connectivity index (χ0v) is 10.9. The number of carboxylic acids is 1. The van der Waals surface area contributed by atoms with Crippen LogP contribution in [0.1, 0.15) is 26.3 Å². The third-order valence-corrected chi connectivity index (χ3v) is 3.21. The number of carboxylic acid groups (broad SMARTS) is 1. The highest BCUT2D eigenvalue weighted by Crippen LogP contribution is 2.19. The maximum Gasteiger partial charge on any atom is 0.307 e. The summed E-state index contributed by atoms with van der Waals surface area (Å²) in [7, 11) is 0. The van der Waals surface area contributed by atoms with Crippen LogP contribution in [-0.2, 0) is 16.0 Å². The number of rotatable bonds is 5. The first-order chi connectivity index (χ1) is 8.47. The number of para-hydroxylation sites is 1. The highest BCUT2D eigenvalue weighted by atomic mass is 16.4. The molecule has 0 radical (unpaired) electrons. The molecule has 0 aliphatic rings. The molecule has 0 bridgehead atoms. The van der Waals surface area contributed by atoms with E-state index >= 15 is 0 Å². The first kappa shape index (κ1) is 14.2. The van der Waals surface area contributed by atoms with Crippen molar-refractivity contribution in [2.75, 3.05) is 5.32 Å². The van der Waals surface area contributed by atoms with Crippen molar-refractivity contribution in [3.05, 3.63) is 29.8 Å². The monoisotopic (exact) mass is 249 g/mol. The van der Waals surface area contributed by atoms with Gasteiger partial charge in [-0.2, -0.15) is 0 Å². The molecule has 2 atom stereocenters. The fourth-order valence-corrected chi connectivity index (χ4v) is 1.64. The van der Waals surface area contributed by atoms with Crippen molar-refractivity contribution in [3.63, 3.8) is 0 Å². The second-order valence-electron chi connectivity index (χ2n) is 4.42. The topological polar surface area (TPSA) is 66.4 Å². The molecule has 1 amide bonds. The number of carbonyl (C=O) groups is 2. The summed E-state index contributed by atoms with van der Waals surface area (Å²) in [5, 5.41) is 11.7. The summed E-state index contributed by atoms with van der Waals surface area (Å²) in [6, 6.07) is 7.54. The molecule has 1 rings (SSSR count). The van der Waals surface area contributed by atoms with Gasteiger partial charge in [0, 0.05) is 11.6 Å². The molecule has 2 N–H and O–H groups in total. The van der Waals surface area contributed by atoms with Crippen molar-refractivity contribution in [1.82, 2.24) is 0 Å². The number of amides is 1. The summed E-state index contributed by atoms with van der Waals surface area (Å²) >= 11 is 0. The Morgan fingerprint density at radius 1 is 1.22 bits per heavy atom. The second-order valence-corrected chi connectivity index (χ2v) is 4.42. The summed E-state index contributed by atoms with van der Waals surface area (Å²) in [5.74, 6) is -2.47. The lowest BCUT2D eigenvalue weighted by Crippen LogP contribution is -2.30. The van der Waals surface area contributed by atoms with E-state index in [2.05, 4.69) is 5.32 Å². The van der Waals surface area contributed by atoms with E-state index in [0.29, 0.717) is 0 Å². The van der Waals surface area contributed by atoms with Gasteiger partial charge in [-0.05, 0) is 18.1 Å². The molecule has 0 fully saturated rings. The molecule has 0 aliphatic carbocycles. The van der Waals surface area contributed by atoms with E-state index < -0.39 is 17.8 Å². The smallest absolute Gasteiger partial charge is 0.307 e. The number of benzene rings is 1. The van der Waals surface area contributed by atoms with Crippen LogP contribution in [0.4, 0.5) is 5.69 Å². The maximum atomic E-state index is 12.0. The average molecular weight is 249 g/mol. The lowest BCUT2D eigenvalue weighted by molar-refractivity contribution is -0.145. The molecule has 4 nitrogen and oxygen atoms in total. The molecule has 0 aliphatic heterocycles. The van der Waals surface area contributed by atoms with Gasteiger partial charge in [0.25, 0.3) is 0 Å². The van der Waals surface area contributed by atoms with Crippen molar-refractivity contribution in [1.29, 1.82) is 0 Å². The van der Waals surface area contributed by atoms with Crippen LogP contribution in [-0.4, -0.2) is 17.0 Å². The fourth-order valence-electron chi connectivity index (χ4n) is 1.64. The Labute approximate surface area is 107 Å². The van der Waals surface area contributed by atoms with E-state index in [4.69, 9.17) is 5.11 Å². The third-order valence-electron chi connectivity index (χ3n) is 3.21. The van der Waals surface area contributed by atoms with Gasteiger partial charge in [0.2, 0.25) is 5.91 Å². The van der Waals surface area contributed by atoms with Crippen LogP contribution >= 0.6 is 0 Å². The minimum atomic E-state index is -0.957. The minimum absolute atomic E-state index is 0.259. The van der Waals surface area contributed by atoms with Crippen LogP contribution in [0, 0.1) is 11.8 Å². The van der Waals surface area contributed by atoms with Crippen molar-refractivity contribution < 1.29 is 14.7 Å². The summed E-state index contributed by atoms with van der Waals surface area (Å²) < 4.78 is 0. The van der Waals surface area contributed by atoms with Gasteiger partial charge in [0.05, 0.1) is 5.92 Å². The van der Waals surface area contributed by atoms with Crippen molar-refractivity contribution in [2.24, 2.45) is 11.8 Å². The molecule has 1 aromatic carbocycles. The summed E-state index contributed by atoms with van der Waals surface area (Å²) in [4.78, 5) is 22.8. The van der Waals surface area contributed by atoms with Gasteiger partial charge >= 0.3 is 5.97 Å². The minimum Gasteiger partial charge on any atom is -0.481 e. The maximum absolute atomic E-state index is 12.0. The molecule has 4 heteroatoms. The van der Waals surface area contributed by atoms with Gasteiger partial charge in [0.15, 0.2) is 0 Å². The van der Waals surface area contributed by atoms with Gasteiger partial charge in [-0.3, -0.25) is 9.59 Å². The Balaban J connectivity index is 2.78. The zero-order valence-electron chi connectivity index (χ0n) is 10.9. The lowest BCUT2D eigenvalue weighted by atomic mass is 9.95. The van der Waals surface area contributed by atoms with E-state index in [1.54, 1.807) is 6.92 Å². The number of hydrogen-bond donors (Lipinski definition) is 2. The third kappa shape index (κ3) is 3.32. The predicted molar refractivity (Wildman–Crippen MR) is 70.4 cm³/mol. The largest absolute Gasteiger partial charge is 0.481 e. The Kier molecular flexibility index (Phi) is 4.89. The van der Waals surface area contributed by atoms with Gasteiger partial charge in [-0.15, -0.1) is 0 Å². The van der Waals surface area contributed by atoms with Crippen LogP contribution in [0.15, 0.2) is 24.3 Å². The molecule has 18 heavy (non-hydrogen) atoms. The first-order valence-corrected chi connectivity index (χ1v) is 6.09. The predicted octanol–water partition coefficient (Wildman–Crippen LogP) is 2.54. The Hall–Kier alpha value is -1.84. The Morgan fingerprint density at radius 3 is 2.39 bits per heavy atom. The van der Waals surface area contributed by atoms with Gasteiger partial charge in [0.1, 0.15) is 0 Å². The molecule has 0 spiro atoms. The van der Waals surface area contributed by atoms with Crippen molar-refractivity contribution in [3.8, 4) is 0 Å². The number of carbonyl (C=O) groups excluding carboxylic acids is 1. The van der Waals surface area contributed by atoms with Gasteiger partial charge in [-0.1, -0.05) is 39.0 Å². The van der Waals surface area contributed by atoms with E-state index in [9.17, 15) is 9.59 Å². The van der Waals surface area contributed by atoms with Crippen LogP contribution in [0.2, 0.25) is 0 Å². The quantitative estimate of drug-likeness (QED) is 0.842. The van der Waals surface area contributed by atoms with Crippen molar-refractivity contribution in [2.45, 2.75) is 27.2 Å². The van der Waals surface area contributed by atoms with Crippen LogP contribution in [0.3, 0.4) is 0 Å². The molecule has 0 saturated carbocycles. The van der Waals surface area contributed by atoms with Gasteiger partial charge < -0.3 is 10.4 Å². The summed E-state index contributed by atoms with van der Waals surface area (Å²) in [5.41, 5.74) is 1.80. The lowest BCUT2D eigenvalue weighted by Gasteiger charge is -2.17. The standard InChI is InChI=1S/C14H19NO3/c1-4-11-7-5-6-8-12(11)15-13(16)9(2)10(3)14(17)18/h5-10H,4H2,1-3H3,(H,15,16)(H,17,18). The van der Waals surface area contributed by atoms with Crippen LogP contribution < -0.4 is 5.32 Å². The molecule has 98 valence electrons. The van der Waals surface area contributed by atoms with Crippen LogP contribution in [0.5, 0.6) is 0 Å². The zero-order chi connectivity index (χ0) is 13.7. The highest BCUT2D eigenvalue weighted by molar-refractivity contribution is 5.95. The molecule has 1 aromatic rings. The Morgan fingerprint density at radius 2 is 1.83 bits per heavy atom. The Bertz CT molecular complexity index is 442. The SMILES string of the molecule is CCc1ccccc1NC(=O)C(C)C(C)C(=O)O. The number of nitrogens with one attached hydrogen (secondary N) is 1. The van der Waals surface area contributed by atoms with Gasteiger partial charge in [-0.25, -0.2) is 0 Å². The molecule has 0 aromatic heterocycles. The van der Waals surface area contributed by atoms with E-state index in [-0.39, 0.29) is 5.91 Å². The fraction of sp³-hybridized carbons (Fsp3) is 0.429. The molecule has 0 saturated heterocycles. The second kappa shape index (κ2) is 6.19. The molecular weight excluding hydrogens is 230 g/mol. The number of aliphatic carboxylic acids is 1. The van der Waals surface area contributed by atoms with Crippen molar-refractivity contribution >= 4 is 17.6 Å². The molecular formula is C14H19NO3.